The predicted octanol–water partition coefficient (Wildman–Crippen LogP) is 5.29. The van der Waals surface area contributed by atoms with E-state index in [0.29, 0.717) is 11.1 Å². The molecule has 0 aliphatic rings. The van der Waals surface area contributed by atoms with Crippen molar-refractivity contribution in [1.29, 1.82) is 0 Å². The molecule has 0 spiro atoms. The van der Waals surface area contributed by atoms with Gasteiger partial charge in [-0.3, -0.25) is 4.72 Å². The first-order valence-corrected chi connectivity index (χ1v) is 10.2. The molecule has 2 aromatic carbocycles. The first kappa shape index (κ1) is 24.6. The number of alkyl halides is 6. The van der Waals surface area contributed by atoms with Gasteiger partial charge in [-0.2, -0.15) is 26.3 Å². The number of anilines is 1. The highest BCUT2D eigenvalue weighted by molar-refractivity contribution is 7.92. The molecule has 5 nitrogen and oxygen atoms in total. The first-order valence-electron chi connectivity index (χ1n) is 8.70. The van der Waals surface area contributed by atoms with E-state index in [4.69, 9.17) is 0 Å². The number of aryl methyl sites for hydroxylation is 3. The van der Waals surface area contributed by atoms with E-state index in [0.717, 1.165) is 23.8 Å². The van der Waals surface area contributed by atoms with Crippen LogP contribution in [-0.4, -0.2) is 34.0 Å². The van der Waals surface area contributed by atoms with E-state index in [9.17, 15) is 34.8 Å². The molecule has 0 fully saturated rings. The maximum atomic E-state index is 12.9. The SMILES string of the molecule is Cc1cc(C)c(S(=O)(=O)Nc2cc(OCC(F)(F)F)cc(OCC(F)(F)F)c2)c(C)c1. The molecule has 0 bridgehead atoms. The van der Waals surface area contributed by atoms with Crippen LogP contribution in [0.5, 0.6) is 11.5 Å². The number of ether oxygens (including phenoxy) is 2. The molecule has 0 amide bonds. The minimum Gasteiger partial charge on any atom is -0.484 e. The van der Waals surface area contributed by atoms with Gasteiger partial charge in [-0.05, 0) is 31.9 Å². The van der Waals surface area contributed by atoms with Crippen LogP contribution < -0.4 is 14.2 Å². The smallest absolute Gasteiger partial charge is 0.422 e. The van der Waals surface area contributed by atoms with Gasteiger partial charge in [0.1, 0.15) is 11.5 Å². The van der Waals surface area contributed by atoms with Crippen LogP contribution in [-0.2, 0) is 10.0 Å². The number of hydrogen-bond donors (Lipinski definition) is 1. The van der Waals surface area contributed by atoms with Gasteiger partial charge in [-0.15, -0.1) is 0 Å². The van der Waals surface area contributed by atoms with E-state index < -0.39 is 47.1 Å². The molecule has 0 unspecified atom stereocenters. The quantitative estimate of drug-likeness (QED) is 0.557. The molecular formula is C19H19F6NO4S. The number of hydrogen-bond acceptors (Lipinski definition) is 4. The Morgan fingerprint density at radius 2 is 1.19 bits per heavy atom. The van der Waals surface area contributed by atoms with E-state index >= 15 is 0 Å². The van der Waals surface area contributed by atoms with Gasteiger partial charge in [0.05, 0.1) is 10.6 Å². The average Bonchev–Trinajstić information content (AvgIpc) is 2.55. The lowest BCUT2D eigenvalue weighted by Crippen LogP contribution is -2.21. The Kier molecular flexibility index (Phi) is 7.03. The van der Waals surface area contributed by atoms with Crippen molar-refractivity contribution in [2.45, 2.75) is 38.0 Å². The number of sulfonamides is 1. The van der Waals surface area contributed by atoms with Crippen molar-refractivity contribution >= 4 is 15.7 Å². The topological polar surface area (TPSA) is 64.6 Å². The molecule has 2 rings (SSSR count). The zero-order valence-corrected chi connectivity index (χ0v) is 17.4. The lowest BCUT2D eigenvalue weighted by Gasteiger charge is -2.17. The number of benzene rings is 2. The standard InChI is InChI=1S/C19H19F6NO4S/c1-11-4-12(2)17(13(3)5-11)31(27,28)26-14-6-15(29-9-18(20,21)22)8-16(7-14)30-10-19(23,24)25/h4-8,26H,9-10H2,1-3H3. The second-order valence-corrected chi connectivity index (χ2v) is 8.45. The van der Waals surface area contributed by atoms with Crippen molar-refractivity contribution in [2.24, 2.45) is 0 Å². The zero-order valence-electron chi connectivity index (χ0n) is 16.6. The molecule has 0 aliphatic heterocycles. The summed E-state index contributed by atoms with van der Waals surface area (Å²) in [7, 11) is -4.22. The summed E-state index contributed by atoms with van der Waals surface area (Å²) in [6.07, 6.45) is -9.42. The maximum Gasteiger partial charge on any atom is 0.422 e. The number of halogens is 6. The van der Waals surface area contributed by atoms with Crippen molar-refractivity contribution < 1.29 is 44.2 Å². The van der Waals surface area contributed by atoms with Crippen molar-refractivity contribution in [3.63, 3.8) is 0 Å². The molecule has 0 saturated heterocycles. The van der Waals surface area contributed by atoms with Gasteiger partial charge in [0.2, 0.25) is 0 Å². The van der Waals surface area contributed by atoms with Gasteiger partial charge in [0.25, 0.3) is 10.0 Å². The summed E-state index contributed by atoms with van der Waals surface area (Å²) < 4.78 is 112. The Morgan fingerprint density at radius 1 is 0.774 bits per heavy atom. The molecule has 0 heterocycles. The van der Waals surface area contributed by atoms with Crippen molar-refractivity contribution in [3.05, 3.63) is 47.0 Å². The van der Waals surface area contributed by atoms with Gasteiger partial charge >= 0.3 is 12.4 Å². The Morgan fingerprint density at radius 3 is 1.58 bits per heavy atom. The minimum atomic E-state index is -4.71. The third kappa shape index (κ3) is 7.53. The zero-order chi connectivity index (χ0) is 23.6. The summed E-state index contributed by atoms with van der Waals surface area (Å²) in [5.74, 6) is -1.04. The van der Waals surface area contributed by atoms with Crippen LogP contribution >= 0.6 is 0 Å². The normalized spacial score (nSPS) is 12.5. The Hall–Kier alpha value is -2.63. The molecule has 172 valence electrons. The van der Waals surface area contributed by atoms with Crippen LogP contribution in [0.1, 0.15) is 16.7 Å². The van der Waals surface area contributed by atoms with Crippen LogP contribution in [0.4, 0.5) is 32.0 Å². The summed E-state index contributed by atoms with van der Waals surface area (Å²) in [5.41, 5.74) is 1.33. The van der Waals surface area contributed by atoms with E-state index in [1.54, 1.807) is 32.9 Å². The third-order valence-corrected chi connectivity index (χ3v) is 5.50. The van der Waals surface area contributed by atoms with Gasteiger partial charge in [0, 0.05) is 18.2 Å². The Balaban J connectivity index is 2.41. The van der Waals surface area contributed by atoms with Crippen LogP contribution in [0.25, 0.3) is 0 Å². The summed E-state index contributed by atoms with van der Waals surface area (Å²) >= 11 is 0. The summed E-state index contributed by atoms with van der Waals surface area (Å²) in [4.78, 5) is -0.0579. The van der Waals surface area contributed by atoms with Crippen LogP contribution in [0.15, 0.2) is 35.2 Å². The molecule has 0 aliphatic carbocycles. The lowest BCUT2D eigenvalue weighted by molar-refractivity contribution is -0.153. The van der Waals surface area contributed by atoms with E-state index in [1.807, 2.05) is 0 Å². The van der Waals surface area contributed by atoms with E-state index in [2.05, 4.69) is 14.2 Å². The fourth-order valence-electron chi connectivity index (χ4n) is 2.92. The highest BCUT2D eigenvalue weighted by Crippen LogP contribution is 2.31. The minimum absolute atomic E-state index is 0.0579. The van der Waals surface area contributed by atoms with Gasteiger partial charge in [-0.25, -0.2) is 8.42 Å². The molecule has 2 aromatic rings. The highest BCUT2D eigenvalue weighted by atomic mass is 32.2. The second-order valence-electron chi connectivity index (χ2n) is 6.83. The van der Waals surface area contributed by atoms with Gasteiger partial charge in [0.15, 0.2) is 13.2 Å². The van der Waals surface area contributed by atoms with Crippen LogP contribution in [0.3, 0.4) is 0 Å². The molecular weight excluding hydrogens is 452 g/mol. The summed E-state index contributed by atoms with van der Waals surface area (Å²) in [5, 5.41) is 0. The molecule has 12 heteroatoms. The average molecular weight is 471 g/mol. The molecule has 0 atom stereocenters. The first-order chi connectivity index (χ1) is 14.1. The highest BCUT2D eigenvalue weighted by Gasteiger charge is 2.30. The van der Waals surface area contributed by atoms with E-state index in [-0.39, 0.29) is 10.6 Å². The maximum absolute atomic E-state index is 12.9. The monoisotopic (exact) mass is 471 g/mol. The molecule has 0 radical (unpaired) electrons. The van der Waals surface area contributed by atoms with Crippen molar-refractivity contribution in [1.82, 2.24) is 0 Å². The number of nitrogens with one attached hydrogen (secondary N) is 1. The third-order valence-electron chi connectivity index (χ3n) is 3.81. The Labute approximate surface area is 175 Å². The van der Waals surface area contributed by atoms with Crippen molar-refractivity contribution in [3.8, 4) is 11.5 Å². The number of rotatable bonds is 7. The van der Waals surface area contributed by atoms with Crippen molar-refractivity contribution in [2.75, 3.05) is 17.9 Å². The van der Waals surface area contributed by atoms with E-state index in [1.165, 1.54) is 0 Å². The van der Waals surface area contributed by atoms with Gasteiger partial charge < -0.3 is 9.47 Å². The largest absolute Gasteiger partial charge is 0.484 e. The Bertz CT molecular complexity index is 989. The second kappa shape index (κ2) is 8.85. The summed E-state index contributed by atoms with van der Waals surface area (Å²) in [6, 6.07) is 5.90. The fraction of sp³-hybridized carbons (Fsp3) is 0.368. The van der Waals surface area contributed by atoms with Crippen LogP contribution in [0.2, 0.25) is 0 Å². The van der Waals surface area contributed by atoms with Crippen LogP contribution in [0, 0.1) is 20.8 Å². The predicted molar refractivity (Wildman–Crippen MR) is 101 cm³/mol. The molecule has 0 saturated carbocycles. The molecule has 1 N–H and O–H groups in total. The van der Waals surface area contributed by atoms with Gasteiger partial charge in [-0.1, -0.05) is 17.7 Å². The summed E-state index contributed by atoms with van der Waals surface area (Å²) in [6.45, 7) is 1.45. The molecule has 0 aromatic heterocycles. The lowest BCUT2D eigenvalue weighted by atomic mass is 10.1. The molecule has 31 heavy (non-hydrogen) atoms. The fourth-order valence-corrected chi connectivity index (χ4v) is 4.42.